The quantitative estimate of drug-likeness (QED) is 0.561. The van der Waals surface area contributed by atoms with Gasteiger partial charge in [0.05, 0.1) is 0 Å². The largest absolute Gasteiger partial charge is 0.300 e. The summed E-state index contributed by atoms with van der Waals surface area (Å²) in [5, 5.41) is 0. The van der Waals surface area contributed by atoms with Crippen LogP contribution in [0.1, 0.15) is 33.6 Å². The molecule has 0 aromatic heterocycles. The first kappa shape index (κ1) is 10.2. The summed E-state index contributed by atoms with van der Waals surface area (Å²) in [5.41, 5.74) is 0.236. The highest BCUT2D eigenvalue weighted by Crippen LogP contribution is 2.29. The van der Waals surface area contributed by atoms with E-state index in [1.807, 2.05) is 0 Å². The molecule has 0 atom stereocenters. The number of carbonyl (C=O) groups excluding carboxylic acids is 1. The van der Waals surface area contributed by atoms with E-state index in [0.29, 0.717) is 0 Å². The van der Waals surface area contributed by atoms with Gasteiger partial charge in [0.1, 0.15) is 5.84 Å². The van der Waals surface area contributed by atoms with E-state index in [1.54, 1.807) is 18.9 Å². The van der Waals surface area contributed by atoms with Crippen LogP contribution in [0.2, 0.25) is 0 Å². The second-order valence-corrected chi connectivity index (χ2v) is 4.41. The highest BCUT2D eigenvalue weighted by molar-refractivity contribution is 5.97. The van der Waals surface area contributed by atoms with E-state index in [2.05, 4.69) is 18.8 Å². The smallest absolute Gasteiger partial charge is 0.224 e. The first-order valence-corrected chi connectivity index (χ1v) is 4.70. The number of amidine groups is 1. The van der Waals surface area contributed by atoms with Crippen molar-refractivity contribution >= 4 is 11.7 Å². The molecule has 1 fully saturated rings. The summed E-state index contributed by atoms with van der Waals surface area (Å²) in [6.07, 6.45) is 2.03. The summed E-state index contributed by atoms with van der Waals surface area (Å²) in [5.74, 6) is 1.04. The van der Waals surface area contributed by atoms with Crippen molar-refractivity contribution in [1.82, 2.24) is 4.90 Å². The number of rotatable bonds is 0. The highest BCUT2D eigenvalue weighted by atomic mass is 16.2. The molecule has 0 aromatic carbocycles. The SMILES string of the molecule is CN=C1CCC(C)(C)CN1C(C)=O. The van der Waals surface area contributed by atoms with E-state index in [9.17, 15) is 4.79 Å². The number of nitrogens with zero attached hydrogens (tertiary/aromatic N) is 2. The van der Waals surface area contributed by atoms with Gasteiger partial charge in [-0.15, -0.1) is 0 Å². The topological polar surface area (TPSA) is 32.7 Å². The van der Waals surface area contributed by atoms with Gasteiger partial charge in [-0.3, -0.25) is 9.79 Å². The van der Waals surface area contributed by atoms with Crippen molar-refractivity contribution in [2.45, 2.75) is 33.6 Å². The maximum Gasteiger partial charge on any atom is 0.224 e. The minimum atomic E-state index is 0.105. The van der Waals surface area contributed by atoms with Crippen molar-refractivity contribution in [3.8, 4) is 0 Å². The third-order valence-electron chi connectivity index (χ3n) is 2.56. The zero-order valence-corrected chi connectivity index (χ0v) is 8.92. The average molecular weight is 182 g/mol. The Labute approximate surface area is 79.8 Å². The number of aliphatic imine (C=N–C) groups is 1. The Balaban J connectivity index is 2.81. The monoisotopic (exact) mass is 182 g/mol. The Morgan fingerprint density at radius 2 is 2.15 bits per heavy atom. The molecular weight excluding hydrogens is 164 g/mol. The van der Waals surface area contributed by atoms with Gasteiger partial charge in [0.2, 0.25) is 5.91 Å². The van der Waals surface area contributed by atoms with Crippen molar-refractivity contribution in [2.75, 3.05) is 13.6 Å². The molecule has 0 spiro atoms. The van der Waals surface area contributed by atoms with Crippen LogP contribution in [0.3, 0.4) is 0 Å². The maximum absolute atomic E-state index is 11.3. The van der Waals surface area contributed by atoms with Gasteiger partial charge in [-0.05, 0) is 11.8 Å². The molecular formula is C10H18N2O. The van der Waals surface area contributed by atoms with E-state index in [0.717, 1.165) is 25.2 Å². The van der Waals surface area contributed by atoms with Gasteiger partial charge in [0.15, 0.2) is 0 Å². The van der Waals surface area contributed by atoms with Gasteiger partial charge >= 0.3 is 0 Å². The number of amides is 1. The summed E-state index contributed by atoms with van der Waals surface area (Å²) in [6, 6.07) is 0. The number of piperidine rings is 1. The van der Waals surface area contributed by atoms with E-state index in [-0.39, 0.29) is 11.3 Å². The Hall–Kier alpha value is -0.860. The van der Waals surface area contributed by atoms with Gasteiger partial charge in [-0.1, -0.05) is 13.8 Å². The minimum Gasteiger partial charge on any atom is -0.300 e. The molecule has 0 unspecified atom stereocenters. The molecule has 74 valence electrons. The summed E-state index contributed by atoms with van der Waals surface area (Å²) in [7, 11) is 1.75. The minimum absolute atomic E-state index is 0.105. The molecule has 0 aromatic rings. The molecule has 0 bridgehead atoms. The van der Waals surface area contributed by atoms with Crippen molar-refractivity contribution < 1.29 is 4.79 Å². The van der Waals surface area contributed by atoms with Crippen LogP contribution < -0.4 is 0 Å². The third-order valence-corrected chi connectivity index (χ3v) is 2.56. The summed E-state index contributed by atoms with van der Waals surface area (Å²) >= 11 is 0. The predicted octanol–water partition coefficient (Wildman–Crippen LogP) is 1.68. The summed E-state index contributed by atoms with van der Waals surface area (Å²) in [6.45, 7) is 6.78. The average Bonchev–Trinajstić information content (AvgIpc) is 2.03. The lowest BCUT2D eigenvalue weighted by Gasteiger charge is -2.38. The molecule has 1 heterocycles. The molecule has 1 amide bonds. The lowest BCUT2D eigenvalue weighted by molar-refractivity contribution is -0.126. The van der Waals surface area contributed by atoms with Gasteiger partial charge in [-0.2, -0.15) is 0 Å². The second kappa shape index (κ2) is 3.48. The zero-order valence-electron chi connectivity index (χ0n) is 8.92. The fourth-order valence-corrected chi connectivity index (χ4v) is 1.71. The molecule has 3 nitrogen and oxygen atoms in total. The fourth-order valence-electron chi connectivity index (χ4n) is 1.71. The molecule has 1 aliphatic rings. The van der Waals surface area contributed by atoms with Gasteiger partial charge in [0.25, 0.3) is 0 Å². The van der Waals surface area contributed by atoms with Gasteiger partial charge in [0, 0.05) is 26.9 Å². The van der Waals surface area contributed by atoms with E-state index in [1.165, 1.54) is 0 Å². The number of hydrogen-bond acceptors (Lipinski definition) is 2. The molecule has 0 N–H and O–H groups in total. The zero-order chi connectivity index (χ0) is 10.1. The first-order valence-electron chi connectivity index (χ1n) is 4.70. The van der Waals surface area contributed by atoms with E-state index in [4.69, 9.17) is 0 Å². The molecule has 0 aliphatic carbocycles. The van der Waals surface area contributed by atoms with Gasteiger partial charge in [-0.25, -0.2) is 0 Å². The molecule has 0 radical (unpaired) electrons. The summed E-state index contributed by atoms with van der Waals surface area (Å²) in [4.78, 5) is 17.2. The Kier molecular flexibility index (Phi) is 2.74. The van der Waals surface area contributed by atoms with Crippen LogP contribution in [0.15, 0.2) is 4.99 Å². The Bertz CT molecular complexity index is 243. The lowest BCUT2D eigenvalue weighted by atomic mass is 9.83. The maximum atomic E-state index is 11.3. The number of likely N-dealkylation sites (tertiary alicyclic amines) is 1. The number of carbonyl (C=O) groups is 1. The molecule has 0 saturated carbocycles. The van der Waals surface area contributed by atoms with E-state index < -0.39 is 0 Å². The lowest BCUT2D eigenvalue weighted by Crippen LogP contribution is -2.46. The Morgan fingerprint density at radius 1 is 1.54 bits per heavy atom. The van der Waals surface area contributed by atoms with Crippen LogP contribution >= 0.6 is 0 Å². The molecule has 13 heavy (non-hydrogen) atoms. The van der Waals surface area contributed by atoms with Crippen molar-refractivity contribution in [3.05, 3.63) is 0 Å². The van der Waals surface area contributed by atoms with Crippen LogP contribution in [-0.4, -0.2) is 30.2 Å². The van der Waals surface area contributed by atoms with Crippen LogP contribution in [0.25, 0.3) is 0 Å². The van der Waals surface area contributed by atoms with Crippen LogP contribution in [0, 0.1) is 5.41 Å². The fraction of sp³-hybridized carbons (Fsp3) is 0.800. The van der Waals surface area contributed by atoms with Crippen molar-refractivity contribution in [3.63, 3.8) is 0 Å². The second-order valence-electron chi connectivity index (χ2n) is 4.41. The normalized spacial score (nSPS) is 24.9. The Morgan fingerprint density at radius 3 is 2.62 bits per heavy atom. The van der Waals surface area contributed by atoms with E-state index >= 15 is 0 Å². The van der Waals surface area contributed by atoms with Crippen LogP contribution in [-0.2, 0) is 4.79 Å². The van der Waals surface area contributed by atoms with Crippen molar-refractivity contribution in [2.24, 2.45) is 10.4 Å². The number of hydrogen-bond donors (Lipinski definition) is 0. The highest BCUT2D eigenvalue weighted by Gasteiger charge is 2.31. The molecule has 1 saturated heterocycles. The molecule has 1 aliphatic heterocycles. The standard InChI is InChI=1S/C10H18N2O/c1-8(13)12-7-10(2,3)6-5-9(12)11-4/h5-7H2,1-4H3. The molecule has 1 rings (SSSR count). The van der Waals surface area contributed by atoms with Crippen molar-refractivity contribution in [1.29, 1.82) is 0 Å². The predicted molar refractivity (Wildman–Crippen MR) is 53.8 cm³/mol. The van der Waals surface area contributed by atoms with Gasteiger partial charge < -0.3 is 4.90 Å². The first-order chi connectivity index (χ1) is 5.96. The molecule has 3 heteroatoms. The van der Waals surface area contributed by atoms with Crippen LogP contribution in [0.4, 0.5) is 0 Å². The summed E-state index contributed by atoms with van der Waals surface area (Å²) < 4.78 is 0. The third kappa shape index (κ3) is 2.29. The van der Waals surface area contributed by atoms with Crippen LogP contribution in [0.5, 0.6) is 0 Å².